The second kappa shape index (κ2) is 34.5. The van der Waals surface area contributed by atoms with Crippen LogP contribution in [0.5, 0.6) is 5.75 Å². The highest BCUT2D eigenvalue weighted by atomic mass is 16.5. The van der Waals surface area contributed by atoms with E-state index in [0.717, 1.165) is 20.9 Å². The molecule has 11 atom stereocenters. The zero-order valence-electron chi connectivity index (χ0n) is 57.6. The number of nitrogens with zero attached hydrogens (tertiary/aromatic N) is 6. The maximum atomic E-state index is 15.7. The number of carbonyl (C=O) groups is 11. The summed E-state index contributed by atoms with van der Waals surface area (Å²) in [6.45, 7) is 18.3. The van der Waals surface area contributed by atoms with Crippen LogP contribution in [0.15, 0.2) is 84.9 Å². The topological polar surface area (TPSA) is 274 Å². The summed E-state index contributed by atoms with van der Waals surface area (Å²) in [5, 5.41) is 11.5. The molecule has 0 bridgehead atoms. The van der Waals surface area contributed by atoms with Gasteiger partial charge in [0.1, 0.15) is 54.1 Å². The Labute approximate surface area is 549 Å². The minimum Gasteiger partial charge on any atom is -0.497 e. The second-order valence-electron chi connectivity index (χ2n) is 26.1. The number of hydrogen-bond donors (Lipinski definition) is 4. The van der Waals surface area contributed by atoms with Gasteiger partial charge in [-0.1, -0.05) is 155 Å². The lowest BCUT2D eigenvalue weighted by Gasteiger charge is -2.41. The summed E-state index contributed by atoms with van der Waals surface area (Å²) in [5.41, 5.74) is 2.05. The highest BCUT2D eigenvalue weighted by Gasteiger charge is 2.46. The Hall–Kier alpha value is -8.37. The van der Waals surface area contributed by atoms with Gasteiger partial charge < -0.3 is 60.1 Å². The van der Waals surface area contributed by atoms with Gasteiger partial charge >= 0.3 is 5.97 Å². The lowest BCUT2D eigenvalue weighted by Crippen LogP contribution is -2.63. The molecule has 0 radical (unpaired) electrons. The molecule has 23 nitrogen and oxygen atoms in total. The van der Waals surface area contributed by atoms with Crippen LogP contribution < -0.4 is 26.0 Å². The number of hydrogen-bond acceptors (Lipinski definition) is 13. The monoisotopic (exact) mass is 1290 g/mol. The van der Waals surface area contributed by atoms with Crippen LogP contribution in [0.1, 0.15) is 137 Å². The molecule has 2 fully saturated rings. The summed E-state index contributed by atoms with van der Waals surface area (Å²) >= 11 is 0. The number of nitrogens with one attached hydrogen (secondary N) is 4. The Morgan fingerprint density at radius 2 is 1.10 bits per heavy atom. The molecular formula is C70H102N10O13. The fourth-order valence-corrected chi connectivity index (χ4v) is 12.5. The standard InChI is InChI=1S/C70H102N10O13/c1-18-44(9)60-62(83)71-40-55(82)76(13)58(42(5)6)63(84)72-51(38-47-33-35-50(92-17)36-34-47)70(91)93-46(11)65(86)80-37-27-26-32-52(80)66(87)77(14)59(43(7)8)64(85)74-56(41(3)4)68(89)75(12)53(67(88)79(16)61(45(10)19-2)69(90)78(60)15)39-54(81)73-57(48-28-22-20-23-29-48)49-30-24-21-25-31-49/h20-25,28-31,33-36,41-46,51-53,56-61H,18-19,26-27,32,37-40H2,1-17H3,(H,71,83)(H,72,84)(H,73,81)(H,74,85)/t44-,45+,46-,51+,52+,53-,56+,58+,59+,60+,61+/m1/s1. The molecule has 2 heterocycles. The molecule has 3 aromatic carbocycles. The van der Waals surface area contributed by atoms with Gasteiger partial charge in [-0.2, -0.15) is 0 Å². The van der Waals surface area contributed by atoms with E-state index in [1.165, 1.54) is 68.9 Å². The van der Waals surface area contributed by atoms with Crippen molar-refractivity contribution in [2.24, 2.45) is 29.6 Å². The van der Waals surface area contributed by atoms with Gasteiger partial charge in [0.25, 0.3) is 5.91 Å². The summed E-state index contributed by atoms with van der Waals surface area (Å²) in [4.78, 5) is 171. The smallest absolute Gasteiger partial charge is 0.329 e. The van der Waals surface area contributed by atoms with E-state index in [2.05, 4.69) is 21.3 Å². The molecule has 10 amide bonds. The zero-order chi connectivity index (χ0) is 69.3. The van der Waals surface area contributed by atoms with Crippen LogP contribution in [0.2, 0.25) is 0 Å². The minimum atomic E-state index is -1.60. The van der Waals surface area contributed by atoms with Gasteiger partial charge in [0.15, 0.2) is 6.10 Å². The number of carbonyl (C=O) groups excluding carboxylic acids is 11. The van der Waals surface area contributed by atoms with Gasteiger partial charge in [-0.05, 0) is 84.6 Å². The van der Waals surface area contributed by atoms with E-state index >= 15 is 14.4 Å². The average molecular weight is 1290 g/mol. The molecule has 2 aliphatic rings. The van der Waals surface area contributed by atoms with Crippen molar-refractivity contribution in [1.82, 2.24) is 50.7 Å². The maximum Gasteiger partial charge on any atom is 0.329 e. The Kier molecular flexibility index (Phi) is 28.0. The number of likely N-dealkylation sites (N-methyl/N-ethyl adjacent to an activating group) is 5. The van der Waals surface area contributed by atoms with Gasteiger partial charge in [-0.3, -0.25) is 47.9 Å². The number of benzene rings is 3. The molecule has 0 spiro atoms. The van der Waals surface area contributed by atoms with Crippen molar-refractivity contribution in [3.63, 3.8) is 0 Å². The van der Waals surface area contributed by atoms with E-state index in [1.54, 1.807) is 79.7 Å². The normalized spacial score (nSPS) is 24.6. The molecule has 5 rings (SSSR count). The lowest BCUT2D eigenvalue weighted by molar-refractivity contribution is -0.165. The van der Waals surface area contributed by atoms with Crippen molar-refractivity contribution in [3.8, 4) is 5.75 Å². The summed E-state index contributed by atoms with van der Waals surface area (Å²) in [5.74, 6) is -10.3. The van der Waals surface area contributed by atoms with Crippen molar-refractivity contribution < 1.29 is 62.2 Å². The number of ether oxygens (including phenoxy) is 2. The molecule has 2 saturated heterocycles. The zero-order valence-corrected chi connectivity index (χ0v) is 57.6. The highest BCUT2D eigenvalue weighted by molar-refractivity contribution is 6.00. The first-order valence-corrected chi connectivity index (χ1v) is 32.7. The molecule has 93 heavy (non-hydrogen) atoms. The number of amides is 10. The first-order chi connectivity index (χ1) is 43.9. The lowest BCUT2D eigenvalue weighted by atomic mass is 9.92. The van der Waals surface area contributed by atoms with E-state index < -0.39 is 168 Å². The third-order valence-corrected chi connectivity index (χ3v) is 18.4. The fourth-order valence-electron chi connectivity index (χ4n) is 12.5. The maximum absolute atomic E-state index is 15.7. The Morgan fingerprint density at radius 3 is 1.62 bits per heavy atom. The van der Waals surface area contributed by atoms with Crippen molar-refractivity contribution >= 4 is 65.0 Å². The van der Waals surface area contributed by atoms with Crippen LogP contribution >= 0.6 is 0 Å². The van der Waals surface area contributed by atoms with Crippen LogP contribution in [-0.2, 0) is 63.9 Å². The SMILES string of the molecule is CC[C@@H](C)[C@H]1C(=O)NCC(=O)N(C)[C@@H](C(C)C)C(=O)N[C@@H](Cc2ccc(OC)cc2)C(=O)O[C@H](C)C(=O)N2CCCC[C@H]2C(=O)N(C)[C@@H](C(C)C)C(=O)N[C@@H](C(C)C)C(=O)N(C)[C@H](CC(=O)NC(c2ccccc2)c2ccccc2)C(=O)N(C)[C@@H]([C@@H](C)CC)C(=O)N1C. The summed E-state index contributed by atoms with van der Waals surface area (Å²) in [6, 6.07) is 14.1. The summed E-state index contributed by atoms with van der Waals surface area (Å²) in [6.07, 6.45) is -0.203. The number of cyclic esters (lactones) is 1. The molecule has 0 unspecified atom stereocenters. The Bertz CT molecular complexity index is 3030. The second-order valence-corrected chi connectivity index (χ2v) is 26.1. The number of fused-ring (bicyclic) bond motifs is 1. The van der Waals surface area contributed by atoms with E-state index in [-0.39, 0.29) is 19.4 Å². The highest BCUT2D eigenvalue weighted by Crippen LogP contribution is 2.28. The first kappa shape index (κ1) is 75.4. The third kappa shape index (κ3) is 18.9. The number of piperidine rings is 1. The van der Waals surface area contributed by atoms with E-state index in [0.29, 0.717) is 37.0 Å². The third-order valence-electron chi connectivity index (χ3n) is 18.4. The fraction of sp³-hybridized carbons (Fsp3) is 0.586. The first-order valence-electron chi connectivity index (χ1n) is 32.7. The Morgan fingerprint density at radius 1 is 0.581 bits per heavy atom. The molecular weight excluding hydrogens is 1190 g/mol. The minimum absolute atomic E-state index is 0.107. The van der Waals surface area contributed by atoms with Crippen molar-refractivity contribution in [2.75, 3.05) is 55.4 Å². The van der Waals surface area contributed by atoms with Crippen molar-refractivity contribution in [3.05, 3.63) is 102 Å². The van der Waals surface area contributed by atoms with Crippen LogP contribution in [0.25, 0.3) is 0 Å². The largest absolute Gasteiger partial charge is 0.497 e. The number of methoxy groups -OCH3 is 1. The Balaban J connectivity index is 1.65. The van der Waals surface area contributed by atoms with Gasteiger partial charge in [0.05, 0.1) is 26.1 Å². The van der Waals surface area contributed by atoms with Gasteiger partial charge in [-0.25, -0.2) is 4.79 Å². The molecule has 3 aromatic rings. The van der Waals surface area contributed by atoms with Gasteiger partial charge in [0, 0.05) is 48.2 Å². The van der Waals surface area contributed by atoms with Crippen molar-refractivity contribution in [1.29, 1.82) is 0 Å². The van der Waals surface area contributed by atoms with Crippen LogP contribution in [0.4, 0.5) is 0 Å². The molecule has 4 N–H and O–H groups in total. The molecule has 0 aromatic heterocycles. The summed E-state index contributed by atoms with van der Waals surface area (Å²) in [7, 11) is 8.55. The van der Waals surface area contributed by atoms with Crippen molar-refractivity contribution in [2.45, 2.75) is 182 Å². The molecule has 0 aliphatic carbocycles. The number of rotatable bonds is 15. The molecule has 23 heteroatoms. The van der Waals surface area contributed by atoms with E-state index in [4.69, 9.17) is 9.47 Å². The number of esters is 1. The van der Waals surface area contributed by atoms with Gasteiger partial charge in [0.2, 0.25) is 53.2 Å². The average Bonchev–Trinajstić information content (AvgIpc) is 1.47. The predicted octanol–water partition coefficient (Wildman–Crippen LogP) is 5.14. The van der Waals surface area contributed by atoms with Gasteiger partial charge in [-0.15, -0.1) is 0 Å². The van der Waals surface area contributed by atoms with E-state index in [1.807, 2.05) is 74.5 Å². The molecule has 510 valence electrons. The van der Waals surface area contributed by atoms with Crippen LogP contribution in [0, 0.1) is 29.6 Å². The van der Waals surface area contributed by atoms with Crippen LogP contribution in [0.3, 0.4) is 0 Å². The molecule has 2 aliphatic heterocycles. The summed E-state index contributed by atoms with van der Waals surface area (Å²) < 4.78 is 11.3. The van der Waals surface area contributed by atoms with E-state index in [9.17, 15) is 38.4 Å². The molecule has 0 saturated carbocycles. The van der Waals surface area contributed by atoms with Crippen LogP contribution in [-0.4, -0.2) is 204 Å². The quantitative estimate of drug-likeness (QED) is 0.144. The predicted molar refractivity (Wildman–Crippen MR) is 352 cm³/mol.